The molecule has 16 heavy (non-hydrogen) atoms. The van der Waals surface area contributed by atoms with Gasteiger partial charge in [0.1, 0.15) is 6.61 Å². The Morgan fingerprint density at radius 2 is 2.31 bits per heavy atom. The molecule has 0 unspecified atom stereocenters. The second kappa shape index (κ2) is 5.76. The lowest BCUT2D eigenvalue weighted by Crippen LogP contribution is -2.09. The van der Waals surface area contributed by atoms with Gasteiger partial charge in [-0.3, -0.25) is 9.59 Å². The van der Waals surface area contributed by atoms with E-state index in [0.717, 1.165) is 5.69 Å². The van der Waals surface area contributed by atoms with E-state index in [1.165, 1.54) is 18.3 Å². The summed E-state index contributed by atoms with van der Waals surface area (Å²) >= 11 is 6.38. The molecule has 0 aliphatic heterocycles. The third-order valence-electron chi connectivity index (χ3n) is 1.84. The van der Waals surface area contributed by atoms with Crippen molar-refractivity contribution in [3.05, 3.63) is 15.0 Å². The number of carboxylic acid groups (broad SMARTS) is 1. The third kappa shape index (κ3) is 3.74. The first-order chi connectivity index (χ1) is 7.50. The monoisotopic (exact) mass is 261 g/mol. The van der Waals surface area contributed by atoms with Gasteiger partial charge in [-0.05, 0) is 12.2 Å². The van der Waals surface area contributed by atoms with Crippen molar-refractivity contribution in [3.63, 3.8) is 0 Å². The van der Waals surface area contributed by atoms with Crippen LogP contribution in [0.2, 0.25) is 0 Å². The second-order valence-corrected chi connectivity index (χ2v) is 4.57. The number of nitrogens with zero attached hydrogens (tertiary/aromatic N) is 1. The molecule has 88 valence electrons. The Kier molecular flexibility index (Phi) is 4.63. The normalized spacial score (nSPS) is 10.1. The molecule has 1 heterocycles. The zero-order valence-corrected chi connectivity index (χ0v) is 10.3. The van der Waals surface area contributed by atoms with Gasteiger partial charge in [0, 0.05) is 18.8 Å². The highest BCUT2D eigenvalue weighted by Crippen LogP contribution is 2.13. The van der Waals surface area contributed by atoms with E-state index < -0.39 is 5.97 Å². The summed E-state index contributed by atoms with van der Waals surface area (Å²) in [5.74, 6) is -1.26. The van der Waals surface area contributed by atoms with Crippen LogP contribution in [0.4, 0.5) is 0 Å². The van der Waals surface area contributed by atoms with E-state index in [1.807, 2.05) is 0 Å². The predicted octanol–water partition coefficient (Wildman–Crippen LogP) is 1.82. The zero-order chi connectivity index (χ0) is 12.1. The molecule has 1 aromatic heterocycles. The number of hydrogen-bond acceptors (Lipinski definition) is 5. The molecule has 0 bridgehead atoms. The minimum absolute atomic E-state index is 0.00187. The van der Waals surface area contributed by atoms with Crippen LogP contribution in [0, 0.1) is 3.95 Å². The number of carbonyl (C=O) groups is 2. The van der Waals surface area contributed by atoms with Gasteiger partial charge in [-0.25, -0.2) is 0 Å². The van der Waals surface area contributed by atoms with Gasteiger partial charge < -0.3 is 14.4 Å². The maximum absolute atomic E-state index is 10.7. The summed E-state index contributed by atoms with van der Waals surface area (Å²) < 4.78 is 7.11. The smallest absolute Gasteiger partial charge is 0.305 e. The predicted molar refractivity (Wildman–Crippen MR) is 60.9 cm³/mol. The van der Waals surface area contributed by atoms with Gasteiger partial charge in [-0.15, -0.1) is 11.3 Å². The maximum atomic E-state index is 10.7. The fourth-order valence-electron chi connectivity index (χ4n) is 1.09. The number of ether oxygens (including phenoxy) is 1. The molecule has 0 atom stereocenters. The van der Waals surface area contributed by atoms with E-state index in [2.05, 4.69) is 0 Å². The molecule has 0 saturated heterocycles. The van der Waals surface area contributed by atoms with Crippen LogP contribution in [0.3, 0.4) is 0 Å². The van der Waals surface area contributed by atoms with Crippen molar-refractivity contribution in [3.8, 4) is 0 Å². The highest BCUT2D eigenvalue weighted by atomic mass is 32.1. The highest BCUT2D eigenvalue weighted by Gasteiger charge is 2.07. The fraction of sp³-hybridized carbons (Fsp3) is 0.444. The minimum atomic E-state index is -0.883. The van der Waals surface area contributed by atoms with E-state index in [9.17, 15) is 9.59 Å². The molecule has 0 aromatic carbocycles. The molecule has 0 aliphatic carbocycles. The van der Waals surface area contributed by atoms with Crippen molar-refractivity contribution >= 4 is 35.5 Å². The van der Waals surface area contributed by atoms with E-state index >= 15 is 0 Å². The van der Waals surface area contributed by atoms with Gasteiger partial charge in [0.2, 0.25) is 0 Å². The van der Waals surface area contributed by atoms with Gasteiger partial charge in [-0.1, -0.05) is 0 Å². The molecule has 0 amide bonds. The molecule has 0 spiro atoms. The average molecular weight is 261 g/mol. The number of hydrogen-bond donors (Lipinski definition) is 1. The van der Waals surface area contributed by atoms with Gasteiger partial charge in [0.15, 0.2) is 3.95 Å². The van der Waals surface area contributed by atoms with Crippen molar-refractivity contribution in [2.75, 3.05) is 0 Å². The number of rotatable bonds is 5. The topological polar surface area (TPSA) is 68.5 Å². The molecule has 1 rings (SSSR count). The standard InChI is InChI=1S/C9H11NO4S2/c1-6(11)14-4-7-5-16-9(15)10(7)3-2-8(12)13/h5H,2-4H2,1H3,(H,12,13). The summed E-state index contributed by atoms with van der Waals surface area (Å²) in [6.07, 6.45) is -0.00187. The van der Waals surface area contributed by atoms with Crippen molar-refractivity contribution in [1.29, 1.82) is 0 Å². The Hall–Kier alpha value is -1.21. The molecule has 1 N–H and O–H groups in total. The van der Waals surface area contributed by atoms with Crippen LogP contribution in [0.1, 0.15) is 19.0 Å². The molecular formula is C9H11NO4S2. The first kappa shape index (κ1) is 12.9. The number of thiazole rings is 1. The third-order valence-corrected chi connectivity index (χ3v) is 3.16. The first-order valence-corrected chi connectivity index (χ1v) is 5.82. The van der Waals surface area contributed by atoms with Gasteiger partial charge >= 0.3 is 11.9 Å². The molecule has 0 radical (unpaired) electrons. The number of esters is 1. The fourth-order valence-corrected chi connectivity index (χ4v) is 2.21. The molecule has 1 aromatic rings. The van der Waals surface area contributed by atoms with Crippen molar-refractivity contribution in [1.82, 2.24) is 4.57 Å². The molecule has 0 saturated carbocycles. The molecule has 0 aliphatic rings. The summed E-state index contributed by atoms with van der Waals surface area (Å²) in [5.41, 5.74) is 0.728. The zero-order valence-electron chi connectivity index (χ0n) is 8.63. The van der Waals surface area contributed by atoms with E-state index in [1.54, 1.807) is 9.95 Å². The largest absolute Gasteiger partial charge is 0.481 e. The second-order valence-electron chi connectivity index (χ2n) is 3.07. The number of carboxylic acids is 1. The van der Waals surface area contributed by atoms with Crippen LogP contribution in [-0.4, -0.2) is 21.6 Å². The van der Waals surface area contributed by atoms with Crippen LogP contribution >= 0.6 is 23.6 Å². The molecule has 7 heteroatoms. The Morgan fingerprint density at radius 1 is 1.62 bits per heavy atom. The lowest BCUT2D eigenvalue weighted by atomic mass is 10.4. The summed E-state index contributed by atoms with van der Waals surface area (Å²) in [7, 11) is 0. The minimum Gasteiger partial charge on any atom is -0.481 e. The van der Waals surface area contributed by atoms with E-state index in [-0.39, 0.29) is 19.0 Å². The van der Waals surface area contributed by atoms with Gasteiger partial charge in [0.05, 0.1) is 12.1 Å². The maximum Gasteiger partial charge on any atom is 0.305 e. The van der Waals surface area contributed by atoms with Crippen molar-refractivity contribution < 1.29 is 19.4 Å². The van der Waals surface area contributed by atoms with Crippen LogP contribution < -0.4 is 0 Å². The lowest BCUT2D eigenvalue weighted by Gasteiger charge is -2.06. The summed E-state index contributed by atoms with van der Waals surface area (Å²) in [4.78, 5) is 21.1. The molecule has 0 fully saturated rings. The van der Waals surface area contributed by atoms with Gasteiger partial charge in [0.25, 0.3) is 0 Å². The lowest BCUT2D eigenvalue weighted by molar-refractivity contribution is -0.142. The molecule has 5 nitrogen and oxygen atoms in total. The van der Waals surface area contributed by atoms with E-state index in [0.29, 0.717) is 10.5 Å². The van der Waals surface area contributed by atoms with Crippen molar-refractivity contribution in [2.45, 2.75) is 26.5 Å². The summed E-state index contributed by atoms with van der Waals surface area (Å²) in [6.45, 7) is 1.75. The van der Waals surface area contributed by atoms with Crippen LogP contribution in [0.15, 0.2) is 5.38 Å². The summed E-state index contributed by atoms with van der Waals surface area (Å²) in [5, 5.41) is 10.4. The van der Waals surface area contributed by atoms with E-state index in [4.69, 9.17) is 22.1 Å². The quantitative estimate of drug-likeness (QED) is 0.646. The SMILES string of the molecule is CC(=O)OCc1csc(=S)n1CCC(=O)O. The van der Waals surface area contributed by atoms with Crippen molar-refractivity contribution in [2.24, 2.45) is 0 Å². The molecular weight excluding hydrogens is 250 g/mol. The average Bonchev–Trinajstić information content (AvgIpc) is 2.53. The number of aromatic nitrogens is 1. The highest BCUT2D eigenvalue weighted by molar-refractivity contribution is 7.73. The Balaban J connectivity index is 2.73. The van der Waals surface area contributed by atoms with Crippen LogP contribution in [0.25, 0.3) is 0 Å². The Morgan fingerprint density at radius 3 is 2.88 bits per heavy atom. The Bertz CT molecular complexity index is 449. The summed E-state index contributed by atoms with van der Waals surface area (Å²) in [6, 6.07) is 0. The first-order valence-electron chi connectivity index (χ1n) is 4.53. The van der Waals surface area contributed by atoms with Crippen LogP contribution in [0.5, 0.6) is 0 Å². The number of aliphatic carboxylic acids is 1. The van der Waals surface area contributed by atoms with Crippen LogP contribution in [-0.2, 0) is 27.5 Å². The number of carbonyl (C=O) groups excluding carboxylic acids is 1. The van der Waals surface area contributed by atoms with Gasteiger partial charge in [-0.2, -0.15) is 0 Å². The Labute approximate surface area is 101 Å².